The predicted octanol–water partition coefficient (Wildman–Crippen LogP) is 3.44. The van der Waals surface area contributed by atoms with Crippen LogP contribution in [0.5, 0.6) is 0 Å². The molecule has 1 aliphatic rings. The van der Waals surface area contributed by atoms with Gasteiger partial charge < -0.3 is 5.32 Å². The van der Waals surface area contributed by atoms with Crippen molar-refractivity contribution in [2.24, 2.45) is 11.3 Å². The predicted molar refractivity (Wildman–Crippen MR) is 84.0 cm³/mol. The van der Waals surface area contributed by atoms with Gasteiger partial charge in [-0.2, -0.15) is 0 Å². The van der Waals surface area contributed by atoms with Crippen LogP contribution in [0.25, 0.3) is 0 Å². The summed E-state index contributed by atoms with van der Waals surface area (Å²) in [4.78, 5) is 12.7. The summed E-state index contributed by atoms with van der Waals surface area (Å²) in [7, 11) is 0. The average Bonchev–Trinajstić information content (AvgIpc) is 2.38. The fraction of sp³-hybridized carbons (Fsp3) is 0.611. The number of benzene rings is 1. The molecule has 1 saturated heterocycles. The monoisotopic (exact) mass is 273 g/mol. The third kappa shape index (κ3) is 3.49. The molecule has 1 heterocycles. The standard InChI is InChI=1S/C18H27NO/c1-13-8-14(2)10-15(9-13)11-17(20)18(3,4)16-6-5-7-19-12-16/h8-10,16,19H,5-7,11-12H2,1-4H3. The van der Waals surface area contributed by atoms with Gasteiger partial charge in [-0.05, 0) is 51.3 Å². The van der Waals surface area contributed by atoms with Crippen LogP contribution in [0, 0.1) is 25.2 Å². The van der Waals surface area contributed by atoms with E-state index in [-0.39, 0.29) is 5.41 Å². The molecule has 0 spiro atoms. The molecular weight excluding hydrogens is 246 g/mol. The summed E-state index contributed by atoms with van der Waals surface area (Å²) in [5, 5.41) is 3.43. The van der Waals surface area contributed by atoms with Crippen molar-refractivity contribution in [2.45, 2.75) is 47.0 Å². The molecule has 0 radical (unpaired) electrons. The van der Waals surface area contributed by atoms with Gasteiger partial charge in [0.15, 0.2) is 0 Å². The summed E-state index contributed by atoms with van der Waals surface area (Å²) in [6, 6.07) is 6.43. The van der Waals surface area contributed by atoms with Gasteiger partial charge in [0.2, 0.25) is 0 Å². The van der Waals surface area contributed by atoms with E-state index in [1.807, 2.05) is 0 Å². The number of aryl methyl sites for hydroxylation is 2. The minimum Gasteiger partial charge on any atom is -0.316 e. The number of carbonyl (C=O) groups excluding carboxylic acids is 1. The van der Waals surface area contributed by atoms with E-state index in [1.165, 1.54) is 24.0 Å². The molecule has 0 aromatic heterocycles. The Balaban J connectivity index is 2.09. The van der Waals surface area contributed by atoms with Crippen LogP contribution in [-0.2, 0) is 11.2 Å². The van der Waals surface area contributed by atoms with Crippen molar-refractivity contribution in [1.82, 2.24) is 5.32 Å². The lowest BCUT2D eigenvalue weighted by Gasteiger charge is -2.36. The van der Waals surface area contributed by atoms with Crippen LogP contribution in [0.3, 0.4) is 0 Å². The molecule has 1 aliphatic heterocycles. The Kier molecular flexibility index (Phi) is 4.64. The van der Waals surface area contributed by atoms with Crippen LogP contribution in [0.15, 0.2) is 18.2 Å². The van der Waals surface area contributed by atoms with Crippen LogP contribution < -0.4 is 5.32 Å². The van der Waals surface area contributed by atoms with E-state index in [9.17, 15) is 4.79 Å². The van der Waals surface area contributed by atoms with E-state index in [1.54, 1.807) is 0 Å². The van der Waals surface area contributed by atoms with Crippen LogP contribution in [0.4, 0.5) is 0 Å². The number of piperidine rings is 1. The van der Waals surface area contributed by atoms with E-state index < -0.39 is 0 Å². The van der Waals surface area contributed by atoms with E-state index in [4.69, 9.17) is 0 Å². The highest BCUT2D eigenvalue weighted by atomic mass is 16.1. The van der Waals surface area contributed by atoms with E-state index in [0.717, 1.165) is 18.7 Å². The Hall–Kier alpha value is -1.15. The lowest BCUT2D eigenvalue weighted by atomic mass is 9.71. The molecule has 0 saturated carbocycles. The minimum atomic E-state index is -0.231. The fourth-order valence-electron chi connectivity index (χ4n) is 3.28. The molecule has 1 aromatic carbocycles. The summed E-state index contributed by atoms with van der Waals surface area (Å²) in [6.45, 7) is 10.5. The number of hydrogen-bond donors (Lipinski definition) is 1. The molecule has 1 atom stereocenters. The molecule has 0 amide bonds. The van der Waals surface area contributed by atoms with Crippen molar-refractivity contribution in [3.05, 3.63) is 34.9 Å². The third-order valence-electron chi connectivity index (χ3n) is 4.68. The highest BCUT2D eigenvalue weighted by Crippen LogP contribution is 2.33. The number of ketones is 1. The number of Topliss-reactive ketones (excluding diaryl/α,β-unsaturated/α-hetero) is 1. The Morgan fingerprint density at radius 3 is 2.45 bits per heavy atom. The van der Waals surface area contributed by atoms with E-state index in [2.05, 4.69) is 51.2 Å². The largest absolute Gasteiger partial charge is 0.316 e. The molecule has 1 N–H and O–H groups in total. The van der Waals surface area contributed by atoms with Gasteiger partial charge in [0.05, 0.1) is 0 Å². The summed E-state index contributed by atoms with van der Waals surface area (Å²) in [5.74, 6) is 0.839. The molecule has 0 aliphatic carbocycles. The number of rotatable bonds is 4. The SMILES string of the molecule is Cc1cc(C)cc(CC(=O)C(C)(C)C2CCCNC2)c1. The van der Waals surface area contributed by atoms with Crippen molar-refractivity contribution in [1.29, 1.82) is 0 Å². The summed E-state index contributed by atoms with van der Waals surface area (Å²) < 4.78 is 0. The molecule has 1 aromatic rings. The second kappa shape index (κ2) is 6.09. The number of hydrogen-bond acceptors (Lipinski definition) is 2. The smallest absolute Gasteiger partial charge is 0.143 e. The summed E-state index contributed by atoms with van der Waals surface area (Å²) >= 11 is 0. The van der Waals surface area contributed by atoms with E-state index in [0.29, 0.717) is 18.1 Å². The van der Waals surface area contributed by atoms with Gasteiger partial charge in [-0.1, -0.05) is 43.2 Å². The molecule has 2 nitrogen and oxygen atoms in total. The first-order valence-electron chi connectivity index (χ1n) is 7.71. The quantitative estimate of drug-likeness (QED) is 0.910. The normalized spacial score (nSPS) is 19.9. The maximum atomic E-state index is 12.7. The van der Waals surface area contributed by atoms with Gasteiger partial charge >= 0.3 is 0 Å². The maximum Gasteiger partial charge on any atom is 0.143 e. The molecule has 2 heteroatoms. The highest BCUT2D eigenvalue weighted by molar-refractivity contribution is 5.86. The molecule has 1 unspecified atom stereocenters. The zero-order valence-electron chi connectivity index (χ0n) is 13.3. The molecule has 2 rings (SSSR count). The second-order valence-electron chi connectivity index (χ2n) is 6.86. The Morgan fingerprint density at radius 2 is 1.90 bits per heavy atom. The minimum absolute atomic E-state index is 0.231. The van der Waals surface area contributed by atoms with Crippen LogP contribution >= 0.6 is 0 Å². The Labute approximate surface area is 123 Å². The van der Waals surface area contributed by atoms with Gasteiger partial charge in [0, 0.05) is 11.8 Å². The second-order valence-corrected chi connectivity index (χ2v) is 6.86. The third-order valence-corrected chi connectivity index (χ3v) is 4.68. The zero-order chi connectivity index (χ0) is 14.8. The highest BCUT2D eigenvalue weighted by Gasteiger charge is 2.36. The molecule has 1 fully saturated rings. The first-order chi connectivity index (χ1) is 9.39. The van der Waals surface area contributed by atoms with Gasteiger partial charge in [-0.15, -0.1) is 0 Å². The molecule has 20 heavy (non-hydrogen) atoms. The maximum absolute atomic E-state index is 12.7. The summed E-state index contributed by atoms with van der Waals surface area (Å²) in [5.41, 5.74) is 3.41. The van der Waals surface area contributed by atoms with E-state index >= 15 is 0 Å². The number of carbonyl (C=O) groups is 1. The topological polar surface area (TPSA) is 29.1 Å². The molecular formula is C18H27NO. The average molecular weight is 273 g/mol. The van der Waals surface area contributed by atoms with Crippen LogP contribution in [0.2, 0.25) is 0 Å². The van der Waals surface area contributed by atoms with Crippen molar-refractivity contribution in [2.75, 3.05) is 13.1 Å². The van der Waals surface area contributed by atoms with Crippen molar-refractivity contribution in [3.8, 4) is 0 Å². The van der Waals surface area contributed by atoms with Crippen molar-refractivity contribution < 1.29 is 4.79 Å². The van der Waals surface area contributed by atoms with Gasteiger partial charge in [0.1, 0.15) is 5.78 Å². The summed E-state index contributed by atoms with van der Waals surface area (Å²) in [6.07, 6.45) is 2.91. The van der Waals surface area contributed by atoms with Crippen molar-refractivity contribution >= 4 is 5.78 Å². The van der Waals surface area contributed by atoms with Gasteiger partial charge in [0.25, 0.3) is 0 Å². The number of nitrogens with one attached hydrogen (secondary N) is 1. The Bertz CT molecular complexity index is 464. The van der Waals surface area contributed by atoms with Crippen LogP contribution in [-0.4, -0.2) is 18.9 Å². The lowest BCUT2D eigenvalue weighted by molar-refractivity contribution is -0.129. The van der Waals surface area contributed by atoms with Gasteiger partial charge in [-0.3, -0.25) is 4.79 Å². The molecule has 110 valence electrons. The van der Waals surface area contributed by atoms with Crippen LogP contribution in [0.1, 0.15) is 43.4 Å². The zero-order valence-corrected chi connectivity index (χ0v) is 13.3. The Morgan fingerprint density at radius 1 is 1.25 bits per heavy atom. The van der Waals surface area contributed by atoms with Crippen molar-refractivity contribution in [3.63, 3.8) is 0 Å². The first-order valence-corrected chi connectivity index (χ1v) is 7.71. The van der Waals surface area contributed by atoms with Gasteiger partial charge in [-0.25, -0.2) is 0 Å². The lowest BCUT2D eigenvalue weighted by Crippen LogP contribution is -2.43. The first kappa shape index (κ1) is 15.2. The molecule has 0 bridgehead atoms. The fourth-order valence-corrected chi connectivity index (χ4v) is 3.28.